The van der Waals surface area contributed by atoms with Gasteiger partial charge in [-0.25, -0.2) is 27.5 Å². The Morgan fingerprint density at radius 3 is 2.39 bits per heavy atom. The van der Waals surface area contributed by atoms with Crippen molar-refractivity contribution in [3.05, 3.63) is 47.9 Å². The van der Waals surface area contributed by atoms with Crippen LogP contribution >= 0.6 is 0 Å². The molecule has 8 nitrogen and oxygen atoms in total. The Kier molecular flexibility index (Phi) is 10.3. The van der Waals surface area contributed by atoms with Crippen LogP contribution in [0.3, 0.4) is 0 Å². The first kappa shape index (κ1) is 39.8. The van der Waals surface area contributed by atoms with Crippen molar-refractivity contribution in [3.63, 3.8) is 0 Å². The average Bonchev–Trinajstić information content (AvgIpc) is 3.67. The van der Waals surface area contributed by atoms with Crippen LogP contribution in [0.15, 0.2) is 36.5 Å². The minimum absolute atomic E-state index is 0.0129. The van der Waals surface area contributed by atoms with Crippen molar-refractivity contribution in [1.82, 2.24) is 19.9 Å². The third kappa shape index (κ3) is 6.83. The molecule has 4 fully saturated rings. The maximum Gasteiger partial charge on any atom is 0.316 e. The fourth-order valence-electron chi connectivity index (χ4n) is 10.8. The zero-order valence-corrected chi connectivity index (χ0v) is 35.0. The van der Waals surface area contributed by atoms with Gasteiger partial charge in [0.25, 0.3) is 5.92 Å². The third-order valence-electron chi connectivity index (χ3n) is 13.5. The number of pyridine rings is 1. The largest absolute Gasteiger partial charge is 0.468 e. The predicted octanol–water partition coefficient (Wildman–Crippen LogP) is 9.87. The van der Waals surface area contributed by atoms with Crippen LogP contribution in [0.25, 0.3) is 32.9 Å². The number of rotatable bonds is 11. The summed E-state index contributed by atoms with van der Waals surface area (Å²) in [6.07, 6.45) is 3.07. The number of methoxy groups -OCH3 is 1. The fourth-order valence-corrected chi connectivity index (χ4v) is 16.0. The van der Waals surface area contributed by atoms with Crippen LogP contribution in [0.2, 0.25) is 16.6 Å². The summed E-state index contributed by atoms with van der Waals surface area (Å²) < 4.78 is 77.4. The van der Waals surface area contributed by atoms with E-state index >= 15 is 4.39 Å². The summed E-state index contributed by atoms with van der Waals surface area (Å²) in [5, 5.41) is 1.87. The topological polar surface area (TPSA) is 72.8 Å². The second kappa shape index (κ2) is 14.7. The van der Waals surface area contributed by atoms with Crippen molar-refractivity contribution in [2.75, 3.05) is 45.0 Å². The van der Waals surface area contributed by atoms with Gasteiger partial charge in [0.2, 0.25) is 0 Å². The van der Waals surface area contributed by atoms with Crippen LogP contribution in [0.4, 0.5) is 23.4 Å². The fraction of sp³-hybridized carbons (Fsp3) is 0.568. The van der Waals surface area contributed by atoms with Gasteiger partial charge in [0.15, 0.2) is 6.79 Å². The smallest absolute Gasteiger partial charge is 0.316 e. The van der Waals surface area contributed by atoms with Crippen molar-refractivity contribution in [3.8, 4) is 34.5 Å². The standard InChI is InChI=1S/C44H53F4N5O3Si/c1-27(2)57(28(3)4,29(5)6)16-11-33-36(46)10-9-30-17-32(56-26-54-7)18-34(39(30)33)37-19-38-35(40(50-37)53-15-13-43(53)23-44(47,48)24-43)21-49-41(51-38)55-25-42-12-8-14-52(42)22-31(45)20-42/h9-10,17-19,21,27-29,31H,8,12-15,20,22-26H2,1-7H3/t31-,42+/m1/s1. The van der Waals surface area contributed by atoms with Crippen LogP contribution in [0.1, 0.15) is 85.6 Å². The molecule has 4 aliphatic rings. The lowest BCUT2D eigenvalue weighted by Gasteiger charge is -2.61. The van der Waals surface area contributed by atoms with E-state index in [1.807, 2.05) is 23.1 Å². The third-order valence-corrected chi connectivity index (χ3v) is 19.8. The van der Waals surface area contributed by atoms with E-state index in [9.17, 15) is 13.2 Å². The van der Waals surface area contributed by atoms with E-state index in [1.54, 1.807) is 12.3 Å². The highest BCUT2D eigenvalue weighted by atomic mass is 28.3. The van der Waals surface area contributed by atoms with Gasteiger partial charge in [-0.05, 0) is 72.1 Å². The first-order valence-corrected chi connectivity index (χ1v) is 22.6. The molecule has 2 atom stereocenters. The van der Waals surface area contributed by atoms with Crippen molar-refractivity contribution >= 4 is 35.6 Å². The van der Waals surface area contributed by atoms with Gasteiger partial charge in [-0.3, -0.25) is 4.90 Å². The Morgan fingerprint density at radius 2 is 1.72 bits per heavy atom. The molecule has 2 aromatic heterocycles. The molecule has 2 aromatic carbocycles. The zero-order chi connectivity index (χ0) is 40.5. The molecule has 3 aliphatic heterocycles. The zero-order valence-electron chi connectivity index (χ0n) is 34.0. The predicted molar refractivity (Wildman–Crippen MR) is 218 cm³/mol. The van der Waals surface area contributed by atoms with Crippen molar-refractivity contribution in [1.29, 1.82) is 0 Å². The molecule has 57 heavy (non-hydrogen) atoms. The highest BCUT2D eigenvalue weighted by Crippen LogP contribution is 2.57. The van der Waals surface area contributed by atoms with E-state index in [2.05, 4.69) is 62.9 Å². The van der Waals surface area contributed by atoms with Gasteiger partial charge < -0.3 is 19.1 Å². The monoisotopic (exact) mass is 803 g/mol. The van der Waals surface area contributed by atoms with Gasteiger partial charge >= 0.3 is 6.01 Å². The van der Waals surface area contributed by atoms with E-state index in [-0.39, 0.29) is 37.8 Å². The Morgan fingerprint density at radius 1 is 0.965 bits per heavy atom. The van der Waals surface area contributed by atoms with E-state index < -0.39 is 37.1 Å². The number of alkyl halides is 3. The summed E-state index contributed by atoms with van der Waals surface area (Å²) in [6, 6.07) is 8.76. The summed E-state index contributed by atoms with van der Waals surface area (Å²) >= 11 is 0. The number of hydrogen-bond donors (Lipinski definition) is 0. The Bertz CT molecular complexity index is 2230. The molecular weight excluding hydrogens is 751 g/mol. The van der Waals surface area contributed by atoms with Crippen LogP contribution < -0.4 is 14.4 Å². The summed E-state index contributed by atoms with van der Waals surface area (Å²) in [5.74, 6) is 1.18. The molecule has 5 heterocycles. The Labute approximate surface area is 333 Å². The van der Waals surface area contributed by atoms with Crippen molar-refractivity contribution in [2.24, 2.45) is 0 Å². The second-order valence-corrected chi connectivity index (χ2v) is 23.4. The summed E-state index contributed by atoms with van der Waals surface area (Å²) in [4.78, 5) is 18.8. The molecule has 1 aliphatic carbocycles. The number of halogens is 4. The average molecular weight is 804 g/mol. The van der Waals surface area contributed by atoms with Gasteiger partial charge in [0.05, 0.1) is 33.2 Å². The number of aromatic nitrogens is 3. The molecule has 0 N–H and O–H groups in total. The first-order valence-electron chi connectivity index (χ1n) is 20.4. The first-order chi connectivity index (χ1) is 27.1. The lowest BCUT2D eigenvalue weighted by molar-refractivity contribution is -0.140. The molecule has 13 heteroatoms. The van der Waals surface area contributed by atoms with Crippen molar-refractivity contribution < 1.29 is 31.8 Å². The SMILES string of the molecule is COCOc1cc(-c2cc3nc(OC[C@@]45CCCN4C[C@H](F)C5)ncc3c(N3CCC34CC(F)(F)C4)n2)c2c(C#C[Si](C(C)C)(C(C)C)C(C)C)c(F)ccc2c1. The van der Waals surface area contributed by atoms with Gasteiger partial charge in [-0.1, -0.05) is 53.5 Å². The molecule has 8 rings (SSSR count). The van der Waals surface area contributed by atoms with Crippen LogP contribution in [-0.4, -0.2) is 91.2 Å². The Balaban J connectivity index is 1.31. The molecule has 0 bridgehead atoms. The van der Waals surface area contributed by atoms with E-state index in [4.69, 9.17) is 24.2 Å². The highest BCUT2D eigenvalue weighted by Gasteiger charge is 2.63. The normalized spacial score (nSPS) is 22.6. The van der Waals surface area contributed by atoms with E-state index in [0.717, 1.165) is 19.4 Å². The lowest BCUT2D eigenvalue weighted by Crippen LogP contribution is -2.70. The number of anilines is 1. The van der Waals surface area contributed by atoms with Crippen LogP contribution in [0.5, 0.6) is 11.8 Å². The molecule has 0 radical (unpaired) electrons. The molecule has 0 amide bonds. The quantitative estimate of drug-likeness (QED) is 0.0643. The number of hydrogen-bond acceptors (Lipinski definition) is 8. The Hall–Kier alpha value is -3.99. The number of ether oxygens (including phenoxy) is 3. The van der Waals surface area contributed by atoms with Crippen LogP contribution in [-0.2, 0) is 4.74 Å². The number of fused-ring (bicyclic) bond motifs is 3. The molecule has 4 aromatic rings. The molecule has 0 unspecified atom stereocenters. The lowest BCUT2D eigenvalue weighted by atomic mass is 9.65. The second-order valence-electron chi connectivity index (χ2n) is 17.8. The molecule has 1 saturated carbocycles. The van der Waals surface area contributed by atoms with Gasteiger partial charge in [-0.2, -0.15) is 4.98 Å². The minimum atomic E-state index is -2.75. The number of nitrogens with zero attached hydrogens (tertiary/aromatic N) is 5. The van der Waals surface area contributed by atoms with Gasteiger partial charge in [0.1, 0.15) is 38.2 Å². The summed E-state index contributed by atoms with van der Waals surface area (Å²) in [7, 11) is -0.736. The minimum Gasteiger partial charge on any atom is -0.468 e. The summed E-state index contributed by atoms with van der Waals surface area (Å²) in [5.41, 5.74) is 5.40. The van der Waals surface area contributed by atoms with Gasteiger partial charge in [0, 0.05) is 56.6 Å². The molecular formula is C44H53F4N5O3Si. The van der Waals surface area contributed by atoms with Gasteiger partial charge in [-0.15, -0.1) is 5.54 Å². The van der Waals surface area contributed by atoms with Crippen LogP contribution in [0, 0.1) is 17.3 Å². The van der Waals surface area contributed by atoms with E-state index in [0.29, 0.717) is 87.1 Å². The molecule has 304 valence electrons. The van der Waals surface area contributed by atoms with Crippen molar-refractivity contribution in [2.45, 2.75) is 120 Å². The summed E-state index contributed by atoms with van der Waals surface area (Å²) in [6.45, 7) is 15.4. The molecule has 1 spiro atoms. The van der Waals surface area contributed by atoms with E-state index in [1.165, 1.54) is 13.2 Å². The molecule has 3 saturated heterocycles. The maximum atomic E-state index is 16.3. The number of benzene rings is 2. The highest BCUT2D eigenvalue weighted by molar-refractivity contribution is 6.90. The maximum absolute atomic E-state index is 16.3.